The van der Waals surface area contributed by atoms with Gasteiger partial charge in [-0.15, -0.1) is 0 Å². The maximum Gasteiger partial charge on any atom is 0.223 e. The van der Waals surface area contributed by atoms with Crippen molar-refractivity contribution in [2.24, 2.45) is 0 Å². The van der Waals surface area contributed by atoms with Crippen LogP contribution >= 0.6 is 15.9 Å². The maximum atomic E-state index is 11.5. The molecule has 0 aliphatic carbocycles. The lowest BCUT2D eigenvalue weighted by Gasteiger charge is -2.11. The zero-order chi connectivity index (χ0) is 15.7. The van der Waals surface area contributed by atoms with Gasteiger partial charge in [-0.2, -0.15) is 0 Å². The number of carbonyl (C=O) groups is 1. The van der Waals surface area contributed by atoms with E-state index >= 15 is 0 Å². The highest BCUT2D eigenvalue weighted by molar-refractivity contribution is 9.10. The van der Waals surface area contributed by atoms with Crippen LogP contribution < -0.4 is 15.4 Å². The molecule has 0 aliphatic rings. The second-order valence-electron chi connectivity index (χ2n) is 5.26. The fourth-order valence-electron chi connectivity index (χ4n) is 1.83. The highest BCUT2D eigenvalue weighted by Crippen LogP contribution is 2.26. The van der Waals surface area contributed by atoms with E-state index in [1.165, 1.54) is 5.56 Å². The molecule has 0 saturated heterocycles. The average Bonchev–Trinajstić information content (AvgIpc) is 2.40. The molecular weight excluding hydrogens is 332 g/mol. The summed E-state index contributed by atoms with van der Waals surface area (Å²) in [5.41, 5.74) is 1.21. The highest BCUT2D eigenvalue weighted by atomic mass is 79.9. The van der Waals surface area contributed by atoms with Gasteiger partial charge in [0.1, 0.15) is 5.75 Å². The van der Waals surface area contributed by atoms with Gasteiger partial charge >= 0.3 is 0 Å². The van der Waals surface area contributed by atoms with Gasteiger partial charge in [0.15, 0.2) is 0 Å². The van der Waals surface area contributed by atoms with Crippen LogP contribution in [0.25, 0.3) is 0 Å². The first kappa shape index (κ1) is 18.0. The Bertz CT molecular complexity index is 450. The number of benzene rings is 1. The molecule has 0 fully saturated rings. The maximum absolute atomic E-state index is 11.5. The van der Waals surface area contributed by atoms with Crippen molar-refractivity contribution in [2.75, 3.05) is 13.2 Å². The lowest BCUT2D eigenvalue weighted by molar-refractivity contribution is -0.122. The first-order valence-electron chi connectivity index (χ1n) is 7.44. The summed E-state index contributed by atoms with van der Waals surface area (Å²) in [4.78, 5) is 11.5. The average molecular weight is 357 g/mol. The van der Waals surface area contributed by atoms with Gasteiger partial charge < -0.3 is 15.4 Å². The standard InChI is InChI=1S/C16H25BrN2O2/c1-4-8-18-11-13-5-6-15(14(17)10-13)21-9-7-16(20)19-12(2)3/h5-6,10,12,18H,4,7-9,11H2,1-3H3,(H,19,20). The van der Waals surface area contributed by atoms with Crippen molar-refractivity contribution in [1.29, 1.82) is 0 Å². The molecule has 21 heavy (non-hydrogen) atoms. The molecular formula is C16H25BrN2O2. The molecule has 0 unspecified atom stereocenters. The van der Waals surface area contributed by atoms with Gasteiger partial charge in [0.25, 0.3) is 0 Å². The quantitative estimate of drug-likeness (QED) is 0.667. The minimum absolute atomic E-state index is 0.0153. The minimum atomic E-state index is 0.0153. The van der Waals surface area contributed by atoms with E-state index in [2.05, 4.69) is 33.5 Å². The Labute approximate surface area is 135 Å². The number of hydrogen-bond acceptors (Lipinski definition) is 3. The van der Waals surface area contributed by atoms with E-state index in [9.17, 15) is 4.79 Å². The van der Waals surface area contributed by atoms with Crippen molar-refractivity contribution in [3.63, 3.8) is 0 Å². The normalized spacial score (nSPS) is 10.7. The second-order valence-corrected chi connectivity index (χ2v) is 6.12. The van der Waals surface area contributed by atoms with Crippen molar-refractivity contribution < 1.29 is 9.53 Å². The molecule has 0 aliphatic heterocycles. The zero-order valence-corrected chi connectivity index (χ0v) is 14.6. The Morgan fingerprint density at radius 2 is 2.14 bits per heavy atom. The van der Waals surface area contributed by atoms with Crippen LogP contribution in [0.15, 0.2) is 22.7 Å². The molecule has 0 aromatic heterocycles. The third kappa shape index (κ3) is 7.48. The Morgan fingerprint density at radius 1 is 1.38 bits per heavy atom. The number of ether oxygens (including phenoxy) is 1. The predicted molar refractivity (Wildman–Crippen MR) is 89.5 cm³/mol. The Kier molecular flexibility index (Phi) is 8.38. The Balaban J connectivity index is 2.40. The van der Waals surface area contributed by atoms with Crippen LogP contribution in [0.1, 0.15) is 39.2 Å². The number of amides is 1. The van der Waals surface area contributed by atoms with Crippen molar-refractivity contribution >= 4 is 21.8 Å². The Hall–Kier alpha value is -1.07. The summed E-state index contributed by atoms with van der Waals surface area (Å²) in [5.74, 6) is 0.785. The molecule has 5 heteroatoms. The van der Waals surface area contributed by atoms with E-state index in [0.29, 0.717) is 13.0 Å². The van der Waals surface area contributed by atoms with Gasteiger partial charge in [0.05, 0.1) is 17.5 Å². The number of halogens is 1. The van der Waals surface area contributed by atoms with Crippen molar-refractivity contribution in [2.45, 2.75) is 46.2 Å². The molecule has 0 spiro atoms. The molecule has 1 aromatic carbocycles. The highest BCUT2D eigenvalue weighted by Gasteiger charge is 2.06. The molecule has 4 nitrogen and oxygen atoms in total. The molecule has 0 radical (unpaired) electrons. The molecule has 0 saturated carbocycles. The summed E-state index contributed by atoms with van der Waals surface area (Å²) in [6.07, 6.45) is 1.49. The second kappa shape index (κ2) is 9.79. The van der Waals surface area contributed by atoms with Crippen LogP contribution in [0.2, 0.25) is 0 Å². The van der Waals surface area contributed by atoms with Gasteiger partial charge in [0, 0.05) is 12.6 Å². The van der Waals surface area contributed by atoms with Gasteiger partial charge in [-0.25, -0.2) is 0 Å². The number of carbonyl (C=O) groups excluding carboxylic acids is 1. The topological polar surface area (TPSA) is 50.4 Å². The zero-order valence-electron chi connectivity index (χ0n) is 13.0. The molecule has 1 rings (SSSR count). The molecule has 0 heterocycles. The summed E-state index contributed by atoms with van der Waals surface area (Å²) in [6.45, 7) is 8.28. The fourth-order valence-corrected chi connectivity index (χ4v) is 2.37. The van der Waals surface area contributed by atoms with Crippen LogP contribution in [-0.4, -0.2) is 25.1 Å². The molecule has 118 valence electrons. The smallest absolute Gasteiger partial charge is 0.223 e. The first-order valence-corrected chi connectivity index (χ1v) is 8.23. The van der Waals surface area contributed by atoms with Crippen LogP contribution in [0, 0.1) is 0 Å². The monoisotopic (exact) mass is 356 g/mol. The van der Waals surface area contributed by atoms with Gasteiger partial charge in [-0.05, 0) is 60.4 Å². The van der Waals surface area contributed by atoms with E-state index in [4.69, 9.17) is 4.74 Å². The van der Waals surface area contributed by atoms with E-state index in [0.717, 1.165) is 29.7 Å². The number of rotatable bonds is 9. The third-order valence-corrected chi connectivity index (χ3v) is 3.41. The first-order chi connectivity index (χ1) is 10.0. The van der Waals surface area contributed by atoms with Crippen molar-refractivity contribution in [3.05, 3.63) is 28.2 Å². The molecule has 0 bridgehead atoms. The fraction of sp³-hybridized carbons (Fsp3) is 0.562. The number of hydrogen-bond donors (Lipinski definition) is 2. The van der Waals surface area contributed by atoms with Gasteiger partial charge in [-0.1, -0.05) is 13.0 Å². The molecule has 1 aromatic rings. The van der Waals surface area contributed by atoms with Gasteiger partial charge in [-0.3, -0.25) is 4.79 Å². The molecule has 2 N–H and O–H groups in total. The van der Waals surface area contributed by atoms with E-state index < -0.39 is 0 Å². The minimum Gasteiger partial charge on any atom is -0.492 e. The molecule has 1 amide bonds. The largest absolute Gasteiger partial charge is 0.492 e. The Morgan fingerprint density at radius 3 is 2.76 bits per heavy atom. The summed E-state index contributed by atoms with van der Waals surface area (Å²) >= 11 is 3.51. The van der Waals surface area contributed by atoms with Gasteiger partial charge in [0.2, 0.25) is 5.91 Å². The van der Waals surface area contributed by atoms with Crippen LogP contribution in [0.5, 0.6) is 5.75 Å². The lowest BCUT2D eigenvalue weighted by Crippen LogP contribution is -2.31. The summed E-state index contributed by atoms with van der Waals surface area (Å²) < 4.78 is 6.56. The third-order valence-electron chi connectivity index (χ3n) is 2.79. The van der Waals surface area contributed by atoms with E-state index in [-0.39, 0.29) is 11.9 Å². The summed E-state index contributed by atoms with van der Waals surface area (Å²) in [6, 6.07) is 6.19. The van der Waals surface area contributed by atoms with Crippen molar-refractivity contribution in [3.8, 4) is 5.75 Å². The molecule has 0 atom stereocenters. The van der Waals surface area contributed by atoms with Crippen molar-refractivity contribution in [1.82, 2.24) is 10.6 Å². The van der Waals surface area contributed by atoms with Crippen LogP contribution in [0.4, 0.5) is 0 Å². The van der Waals surface area contributed by atoms with E-state index in [1.54, 1.807) is 0 Å². The van der Waals surface area contributed by atoms with Crippen LogP contribution in [-0.2, 0) is 11.3 Å². The van der Waals surface area contributed by atoms with E-state index in [1.807, 2.05) is 32.0 Å². The number of nitrogens with one attached hydrogen (secondary N) is 2. The predicted octanol–water partition coefficient (Wildman–Crippen LogP) is 3.24. The summed E-state index contributed by atoms with van der Waals surface area (Å²) in [7, 11) is 0. The lowest BCUT2D eigenvalue weighted by atomic mass is 10.2. The SMILES string of the molecule is CCCNCc1ccc(OCCC(=O)NC(C)C)c(Br)c1. The summed E-state index contributed by atoms with van der Waals surface area (Å²) in [5, 5.41) is 6.20. The van der Waals surface area contributed by atoms with Crippen LogP contribution in [0.3, 0.4) is 0 Å².